The molecule has 24 heavy (non-hydrogen) atoms. The normalized spacial score (nSPS) is 12.6. The molecule has 0 amide bonds. The minimum absolute atomic E-state index is 0.203. The van der Waals surface area contributed by atoms with Crippen LogP contribution in [0, 0.1) is 5.82 Å². The molecule has 0 spiro atoms. The molecule has 0 saturated heterocycles. The topological polar surface area (TPSA) is 52.0 Å². The van der Waals surface area contributed by atoms with Crippen molar-refractivity contribution in [1.82, 2.24) is 14.5 Å². The Bertz CT molecular complexity index is 866. The maximum Gasteiger partial charge on any atom is 0.387 e. The highest BCUT2D eigenvalue weighted by molar-refractivity contribution is 5.77. The number of aromatic nitrogens is 3. The lowest BCUT2D eigenvalue weighted by Crippen LogP contribution is -2.13. The van der Waals surface area contributed by atoms with E-state index in [4.69, 9.17) is 0 Å². The lowest BCUT2D eigenvalue weighted by Gasteiger charge is -2.18. The van der Waals surface area contributed by atoms with Gasteiger partial charge in [0.2, 0.25) is 5.95 Å². The maximum atomic E-state index is 13.3. The number of halogens is 3. The number of nitrogens with zero attached hydrogens (tertiary/aromatic N) is 3. The van der Waals surface area contributed by atoms with Gasteiger partial charge in [-0.1, -0.05) is 6.07 Å². The van der Waals surface area contributed by atoms with Crippen LogP contribution in [0.5, 0.6) is 5.75 Å². The van der Waals surface area contributed by atoms with Crippen molar-refractivity contribution in [2.75, 3.05) is 5.32 Å². The van der Waals surface area contributed by atoms with Crippen LogP contribution in [0.3, 0.4) is 0 Å². The summed E-state index contributed by atoms with van der Waals surface area (Å²) in [6, 6.07) is 4.95. The largest absolute Gasteiger partial charge is 0.434 e. The second-order valence-corrected chi connectivity index (χ2v) is 5.29. The van der Waals surface area contributed by atoms with Gasteiger partial charge in [0, 0.05) is 24.9 Å². The Morgan fingerprint density at radius 3 is 2.75 bits per heavy atom. The Balaban J connectivity index is 1.91. The first kappa shape index (κ1) is 16.1. The van der Waals surface area contributed by atoms with Crippen LogP contribution in [0.2, 0.25) is 0 Å². The predicted molar refractivity (Wildman–Crippen MR) is 83.6 cm³/mol. The van der Waals surface area contributed by atoms with Crippen LogP contribution < -0.4 is 10.1 Å². The molecule has 0 aliphatic heterocycles. The number of anilines is 1. The first-order valence-corrected chi connectivity index (χ1v) is 7.23. The van der Waals surface area contributed by atoms with Gasteiger partial charge in [0.05, 0.1) is 17.8 Å². The average Bonchev–Trinajstić information content (AvgIpc) is 2.83. The van der Waals surface area contributed by atoms with Gasteiger partial charge in [-0.15, -0.1) is 0 Å². The molecule has 2 aromatic heterocycles. The Hall–Kier alpha value is -2.77. The summed E-state index contributed by atoms with van der Waals surface area (Å²) in [5.74, 6) is -0.307. The number of alkyl halides is 2. The monoisotopic (exact) mass is 336 g/mol. The molecule has 0 aliphatic rings. The van der Waals surface area contributed by atoms with E-state index >= 15 is 0 Å². The molecule has 1 aromatic carbocycles. The van der Waals surface area contributed by atoms with E-state index in [0.29, 0.717) is 17.0 Å². The van der Waals surface area contributed by atoms with Crippen molar-refractivity contribution in [2.24, 2.45) is 7.05 Å². The zero-order valence-corrected chi connectivity index (χ0v) is 13.0. The minimum atomic E-state index is -3.03. The molecule has 0 radical (unpaired) electrons. The third-order valence-corrected chi connectivity index (χ3v) is 3.69. The third-order valence-electron chi connectivity index (χ3n) is 3.69. The van der Waals surface area contributed by atoms with Crippen molar-refractivity contribution in [3.8, 4) is 5.75 Å². The van der Waals surface area contributed by atoms with Crippen LogP contribution in [0.1, 0.15) is 18.5 Å². The summed E-state index contributed by atoms with van der Waals surface area (Å²) in [6.45, 7) is -1.28. The van der Waals surface area contributed by atoms with Crippen molar-refractivity contribution in [3.05, 3.63) is 48.0 Å². The molecule has 8 heteroatoms. The molecule has 1 N–H and O–H groups in total. The number of pyridine rings is 1. The average molecular weight is 336 g/mol. The zero-order valence-electron chi connectivity index (χ0n) is 13.0. The number of rotatable bonds is 5. The van der Waals surface area contributed by atoms with E-state index in [0.717, 1.165) is 11.6 Å². The van der Waals surface area contributed by atoms with E-state index in [1.54, 1.807) is 19.3 Å². The van der Waals surface area contributed by atoms with Gasteiger partial charge in [-0.3, -0.25) is 4.98 Å². The van der Waals surface area contributed by atoms with E-state index in [1.165, 1.54) is 12.1 Å². The Morgan fingerprint density at radius 2 is 2.04 bits per heavy atom. The highest BCUT2D eigenvalue weighted by atomic mass is 19.3. The molecule has 0 bridgehead atoms. The van der Waals surface area contributed by atoms with Crippen LogP contribution in [-0.2, 0) is 7.05 Å². The van der Waals surface area contributed by atoms with Gasteiger partial charge < -0.3 is 14.6 Å². The van der Waals surface area contributed by atoms with Crippen molar-refractivity contribution in [1.29, 1.82) is 0 Å². The van der Waals surface area contributed by atoms with Crippen LogP contribution in [0.25, 0.3) is 11.0 Å². The molecule has 3 aromatic rings. The predicted octanol–water partition coefficient (Wildman–Crippen LogP) is 3.88. The standard InChI is InChI=1S/C16H15F3N4O/c1-9(11-4-3-10(17)7-14(11)24-15(18)19)21-16-22-12-8-20-6-5-13(12)23(16)2/h3-9,15H,1-2H3,(H,21,22)/t9-/m0/s1. The molecule has 126 valence electrons. The van der Waals surface area contributed by atoms with Crippen LogP contribution in [-0.4, -0.2) is 21.1 Å². The summed E-state index contributed by atoms with van der Waals surface area (Å²) in [5.41, 5.74) is 1.99. The second kappa shape index (κ2) is 6.38. The van der Waals surface area contributed by atoms with Crippen LogP contribution in [0.4, 0.5) is 19.1 Å². The second-order valence-electron chi connectivity index (χ2n) is 5.29. The van der Waals surface area contributed by atoms with Gasteiger partial charge in [0.15, 0.2) is 0 Å². The number of ether oxygens (including phenoxy) is 1. The smallest absolute Gasteiger partial charge is 0.387 e. The molecular formula is C16H15F3N4O. The number of hydrogen-bond acceptors (Lipinski definition) is 4. The van der Waals surface area contributed by atoms with Crippen molar-refractivity contribution >= 4 is 17.0 Å². The van der Waals surface area contributed by atoms with E-state index < -0.39 is 18.5 Å². The fourth-order valence-electron chi connectivity index (χ4n) is 2.52. The highest BCUT2D eigenvalue weighted by Gasteiger charge is 2.18. The van der Waals surface area contributed by atoms with Crippen LogP contribution >= 0.6 is 0 Å². The lowest BCUT2D eigenvalue weighted by molar-refractivity contribution is -0.0506. The fourth-order valence-corrected chi connectivity index (χ4v) is 2.52. The third kappa shape index (κ3) is 3.12. The quantitative estimate of drug-likeness (QED) is 0.768. The van der Waals surface area contributed by atoms with Gasteiger partial charge in [-0.2, -0.15) is 8.78 Å². The van der Waals surface area contributed by atoms with Gasteiger partial charge >= 0.3 is 6.61 Å². The molecule has 2 heterocycles. The lowest BCUT2D eigenvalue weighted by atomic mass is 10.1. The maximum absolute atomic E-state index is 13.3. The number of nitrogens with one attached hydrogen (secondary N) is 1. The Morgan fingerprint density at radius 1 is 1.25 bits per heavy atom. The summed E-state index contributed by atoms with van der Waals surface area (Å²) in [5, 5.41) is 3.13. The summed E-state index contributed by atoms with van der Waals surface area (Å²) in [6.07, 6.45) is 3.29. The first-order chi connectivity index (χ1) is 11.5. The molecule has 0 fully saturated rings. The van der Waals surface area contributed by atoms with Crippen molar-refractivity contribution < 1.29 is 17.9 Å². The summed E-state index contributed by atoms with van der Waals surface area (Å²) in [4.78, 5) is 8.42. The van der Waals surface area contributed by atoms with E-state index in [1.807, 2.05) is 17.7 Å². The van der Waals surface area contributed by atoms with E-state index in [-0.39, 0.29) is 5.75 Å². The number of aryl methyl sites for hydroxylation is 1. The summed E-state index contributed by atoms with van der Waals surface area (Å²) >= 11 is 0. The van der Waals surface area contributed by atoms with Crippen molar-refractivity contribution in [2.45, 2.75) is 19.6 Å². The number of hydrogen-bond donors (Lipinski definition) is 1. The number of benzene rings is 1. The Kier molecular flexibility index (Phi) is 4.28. The van der Waals surface area contributed by atoms with Gasteiger partial charge in [-0.05, 0) is 19.1 Å². The van der Waals surface area contributed by atoms with Crippen molar-refractivity contribution in [3.63, 3.8) is 0 Å². The number of imidazole rings is 1. The fraction of sp³-hybridized carbons (Fsp3) is 0.250. The zero-order chi connectivity index (χ0) is 17.3. The minimum Gasteiger partial charge on any atom is -0.434 e. The van der Waals surface area contributed by atoms with Gasteiger partial charge in [-0.25, -0.2) is 9.37 Å². The molecule has 0 unspecified atom stereocenters. The molecule has 0 saturated carbocycles. The SMILES string of the molecule is C[C@H](Nc1nc2cnccc2n1C)c1ccc(F)cc1OC(F)F. The summed E-state index contributed by atoms with van der Waals surface area (Å²) < 4.78 is 44.6. The number of fused-ring (bicyclic) bond motifs is 1. The van der Waals surface area contributed by atoms with Gasteiger partial charge in [0.1, 0.15) is 17.1 Å². The van der Waals surface area contributed by atoms with E-state index in [9.17, 15) is 13.2 Å². The highest BCUT2D eigenvalue weighted by Crippen LogP contribution is 2.30. The van der Waals surface area contributed by atoms with Crippen LogP contribution in [0.15, 0.2) is 36.7 Å². The first-order valence-electron chi connectivity index (χ1n) is 7.23. The summed E-state index contributed by atoms with van der Waals surface area (Å²) in [7, 11) is 1.83. The van der Waals surface area contributed by atoms with Gasteiger partial charge in [0.25, 0.3) is 0 Å². The Labute approximate surface area is 136 Å². The molecule has 5 nitrogen and oxygen atoms in total. The molecule has 3 rings (SSSR count). The molecule has 0 aliphatic carbocycles. The molecule has 1 atom stereocenters. The molecular weight excluding hydrogens is 321 g/mol. The van der Waals surface area contributed by atoms with E-state index in [2.05, 4.69) is 20.0 Å².